The third kappa shape index (κ3) is 3.50. The summed E-state index contributed by atoms with van der Waals surface area (Å²) in [6, 6.07) is 20.3. The Bertz CT molecular complexity index is 854. The van der Waals surface area contributed by atoms with Gasteiger partial charge in [-0.05, 0) is 42.0 Å². The quantitative estimate of drug-likeness (QED) is 0.726. The van der Waals surface area contributed by atoms with E-state index in [9.17, 15) is 4.79 Å². The van der Waals surface area contributed by atoms with Crippen LogP contribution in [0, 0.1) is 0 Å². The highest BCUT2D eigenvalue weighted by molar-refractivity contribution is 5.88. The molecule has 0 radical (unpaired) electrons. The van der Waals surface area contributed by atoms with Crippen LogP contribution in [0.25, 0.3) is 17.0 Å². The standard InChI is InChI=1S/C20H16N2O2/c1-14(22-18-11-9-17(10-12-18)20(23)24)15-5-7-16(8-6-15)19-4-2-3-13-21-19/h2-13,22H,1H2,(H,23,24). The van der Waals surface area contributed by atoms with E-state index in [1.165, 1.54) is 0 Å². The number of carboxylic acid groups (broad SMARTS) is 1. The lowest BCUT2D eigenvalue weighted by Gasteiger charge is -2.11. The lowest BCUT2D eigenvalue weighted by atomic mass is 10.1. The van der Waals surface area contributed by atoms with Gasteiger partial charge in [-0.2, -0.15) is 0 Å². The Morgan fingerprint density at radius 1 is 0.917 bits per heavy atom. The van der Waals surface area contributed by atoms with E-state index in [2.05, 4.69) is 16.9 Å². The van der Waals surface area contributed by atoms with Crippen molar-refractivity contribution in [2.75, 3.05) is 5.32 Å². The first kappa shape index (κ1) is 15.5. The number of nitrogens with zero attached hydrogens (tertiary/aromatic N) is 1. The number of aromatic nitrogens is 1. The number of pyridine rings is 1. The van der Waals surface area contributed by atoms with E-state index in [1.54, 1.807) is 30.5 Å². The monoisotopic (exact) mass is 316 g/mol. The molecule has 0 fully saturated rings. The van der Waals surface area contributed by atoms with Crippen molar-refractivity contribution in [3.8, 4) is 11.3 Å². The van der Waals surface area contributed by atoms with Crippen LogP contribution in [0.4, 0.5) is 5.69 Å². The van der Waals surface area contributed by atoms with E-state index in [-0.39, 0.29) is 5.56 Å². The Morgan fingerprint density at radius 3 is 2.17 bits per heavy atom. The van der Waals surface area contributed by atoms with Crippen molar-refractivity contribution in [1.29, 1.82) is 0 Å². The van der Waals surface area contributed by atoms with Gasteiger partial charge in [-0.25, -0.2) is 4.79 Å². The van der Waals surface area contributed by atoms with Crippen LogP contribution < -0.4 is 5.32 Å². The number of carboxylic acids is 1. The van der Waals surface area contributed by atoms with Gasteiger partial charge < -0.3 is 10.4 Å². The Kier molecular flexibility index (Phi) is 4.38. The summed E-state index contributed by atoms with van der Waals surface area (Å²) in [5.41, 5.74) is 4.71. The van der Waals surface area contributed by atoms with Gasteiger partial charge >= 0.3 is 5.97 Å². The van der Waals surface area contributed by atoms with E-state index < -0.39 is 5.97 Å². The maximum atomic E-state index is 10.9. The van der Waals surface area contributed by atoms with E-state index in [0.29, 0.717) is 0 Å². The maximum absolute atomic E-state index is 10.9. The summed E-state index contributed by atoms with van der Waals surface area (Å²) in [6.45, 7) is 4.04. The number of nitrogens with one attached hydrogen (secondary N) is 1. The number of rotatable bonds is 5. The average molecular weight is 316 g/mol. The highest BCUT2D eigenvalue weighted by Crippen LogP contribution is 2.22. The van der Waals surface area contributed by atoms with Crippen LogP contribution in [0.5, 0.6) is 0 Å². The second-order valence-corrected chi connectivity index (χ2v) is 5.28. The van der Waals surface area contributed by atoms with Gasteiger partial charge in [-0.3, -0.25) is 4.98 Å². The number of hydrogen-bond donors (Lipinski definition) is 2. The maximum Gasteiger partial charge on any atom is 0.335 e. The largest absolute Gasteiger partial charge is 0.478 e. The zero-order valence-electron chi connectivity index (χ0n) is 12.9. The summed E-state index contributed by atoms with van der Waals surface area (Å²) in [4.78, 5) is 15.2. The minimum Gasteiger partial charge on any atom is -0.478 e. The molecule has 0 spiro atoms. The summed E-state index contributed by atoms with van der Waals surface area (Å²) in [7, 11) is 0. The van der Waals surface area contributed by atoms with Crippen molar-refractivity contribution in [1.82, 2.24) is 4.98 Å². The molecular weight excluding hydrogens is 300 g/mol. The fraction of sp³-hybridized carbons (Fsp3) is 0. The van der Waals surface area contributed by atoms with Crippen molar-refractivity contribution in [3.05, 3.63) is 90.6 Å². The van der Waals surface area contributed by atoms with Gasteiger partial charge in [-0.15, -0.1) is 0 Å². The van der Waals surface area contributed by atoms with Gasteiger partial charge in [0.1, 0.15) is 0 Å². The van der Waals surface area contributed by atoms with Gasteiger partial charge in [0.05, 0.1) is 11.3 Å². The van der Waals surface area contributed by atoms with Gasteiger partial charge in [-0.1, -0.05) is 36.9 Å². The minimum atomic E-state index is -0.939. The van der Waals surface area contributed by atoms with E-state index in [0.717, 1.165) is 28.2 Å². The summed E-state index contributed by atoms with van der Waals surface area (Å²) in [5, 5.41) is 12.1. The molecule has 2 N–H and O–H groups in total. The molecule has 3 rings (SSSR count). The number of anilines is 1. The number of benzene rings is 2. The molecule has 0 bridgehead atoms. The molecule has 1 aromatic heterocycles. The molecule has 0 aliphatic rings. The van der Waals surface area contributed by atoms with Crippen molar-refractivity contribution in [3.63, 3.8) is 0 Å². The second-order valence-electron chi connectivity index (χ2n) is 5.28. The smallest absolute Gasteiger partial charge is 0.335 e. The molecule has 0 amide bonds. The number of hydrogen-bond acceptors (Lipinski definition) is 3. The Balaban J connectivity index is 1.72. The number of carbonyl (C=O) groups is 1. The van der Waals surface area contributed by atoms with Crippen LogP contribution in [-0.2, 0) is 0 Å². The van der Waals surface area contributed by atoms with Crippen LogP contribution in [-0.4, -0.2) is 16.1 Å². The molecule has 2 aromatic carbocycles. The van der Waals surface area contributed by atoms with Gasteiger partial charge in [0.25, 0.3) is 0 Å². The number of aromatic carboxylic acids is 1. The highest BCUT2D eigenvalue weighted by Gasteiger charge is 2.04. The van der Waals surface area contributed by atoms with E-state index in [1.807, 2.05) is 42.5 Å². The molecule has 0 aliphatic heterocycles. The molecule has 0 unspecified atom stereocenters. The topological polar surface area (TPSA) is 62.2 Å². The van der Waals surface area contributed by atoms with Crippen molar-refractivity contribution < 1.29 is 9.90 Å². The molecule has 24 heavy (non-hydrogen) atoms. The van der Waals surface area contributed by atoms with Crippen LogP contribution in [0.3, 0.4) is 0 Å². The van der Waals surface area contributed by atoms with Crippen molar-refractivity contribution >= 4 is 17.4 Å². The predicted molar refractivity (Wildman–Crippen MR) is 95.7 cm³/mol. The fourth-order valence-corrected chi connectivity index (χ4v) is 2.32. The van der Waals surface area contributed by atoms with Crippen molar-refractivity contribution in [2.45, 2.75) is 0 Å². The Labute approximate surface area is 140 Å². The second kappa shape index (κ2) is 6.79. The molecule has 1 heterocycles. The van der Waals surface area contributed by atoms with Crippen LogP contribution in [0.15, 0.2) is 79.5 Å². The molecular formula is C20H16N2O2. The molecule has 3 aromatic rings. The third-order valence-corrected chi connectivity index (χ3v) is 3.62. The summed E-state index contributed by atoms with van der Waals surface area (Å²) in [6.07, 6.45) is 1.77. The summed E-state index contributed by atoms with van der Waals surface area (Å²) in [5.74, 6) is -0.939. The lowest BCUT2D eigenvalue weighted by Crippen LogP contribution is -1.99. The normalized spacial score (nSPS) is 10.2. The van der Waals surface area contributed by atoms with E-state index >= 15 is 0 Å². The zero-order valence-corrected chi connectivity index (χ0v) is 12.9. The van der Waals surface area contributed by atoms with Crippen LogP contribution >= 0.6 is 0 Å². The molecule has 0 aliphatic carbocycles. The molecule has 4 nitrogen and oxygen atoms in total. The fourth-order valence-electron chi connectivity index (χ4n) is 2.32. The third-order valence-electron chi connectivity index (χ3n) is 3.62. The highest BCUT2D eigenvalue weighted by atomic mass is 16.4. The van der Waals surface area contributed by atoms with Gasteiger partial charge in [0.15, 0.2) is 0 Å². The SMILES string of the molecule is C=C(Nc1ccc(C(=O)O)cc1)c1ccc(-c2ccccn2)cc1. The summed E-state index contributed by atoms with van der Waals surface area (Å²) < 4.78 is 0. The average Bonchev–Trinajstić information content (AvgIpc) is 2.63. The molecule has 0 saturated heterocycles. The van der Waals surface area contributed by atoms with Crippen molar-refractivity contribution in [2.24, 2.45) is 0 Å². The molecule has 0 saturated carbocycles. The van der Waals surface area contributed by atoms with Gasteiger partial charge in [0.2, 0.25) is 0 Å². The zero-order chi connectivity index (χ0) is 16.9. The summed E-state index contributed by atoms with van der Waals surface area (Å²) >= 11 is 0. The predicted octanol–water partition coefficient (Wildman–Crippen LogP) is 4.53. The van der Waals surface area contributed by atoms with E-state index in [4.69, 9.17) is 5.11 Å². The Hall–Kier alpha value is -3.40. The minimum absolute atomic E-state index is 0.255. The van der Waals surface area contributed by atoms with Crippen LogP contribution in [0.1, 0.15) is 15.9 Å². The van der Waals surface area contributed by atoms with Crippen LogP contribution in [0.2, 0.25) is 0 Å². The molecule has 0 atom stereocenters. The molecule has 118 valence electrons. The first-order valence-corrected chi connectivity index (χ1v) is 7.44. The molecule has 4 heteroatoms. The van der Waals surface area contributed by atoms with Gasteiger partial charge in [0, 0.05) is 23.1 Å². The lowest BCUT2D eigenvalue weighted by molar-refractivity contribution is 0.0697. The first-order valence-electron chi connectivity index (χ1n) is 7.44. The first-order chi connectivity index (χ1) is 11.6. The Morgan fingerprint density at radius 2 is 1.58 bits per heavy atom.